The van der Waals surface area contributed by atoms with E-state index in [9.17, 15) is 9.90 Å². The monoisotopic (exact) mass is 275 g/mol. The van der Waals surface area contributed by atoms with Gasteiger partial charge in [-0.25, -0.2) is 0 Å². The number of nitrogens with one attached hydrogen (secondary N) is 1. The highest BCUT2D eigenvalue weighted by Crippen LogP contribution is 2.34. The van der Waals surface area contributed by atoms with Gasteiger partial charge in [0, 0.05) is 24.1 Å². The summed E-state index contributed by atoms with van der Waals surface area (Å²) in [5, 5.41) is 12.5. The van der Waals surface area contributed by atoms with Crippen LogP contribution in [0, 0.1) is 5.92 Å². The Morgan fingerprint density at radius 1 is 1.30 bits per heavy atom. The lowest BCUT2D eigenvalue weighted by Gasteiger charge is -2.31. The standard InChI is InChI=1S/C16H21NO3/c18-9-11-5-1-3-7-14(11)17-16(19)13-10-20-15-8-4-2-6-12(13)15/h2,4,6,8,11,13-14,18H,1,3,5,7,9-10H2,(H,17,19). The molecule has 1 heterocycles. The highest BCUT2D eigenvalue weighted by atomic mass is 16.5. The molecule has 1 aliphatic carbocycles. The zero-order valence-corrected chi connectivity index (χ0v) is 11.5. The molecule has 3 unspecified atom stereocenters. The number of ether oxygens (including phenoxy) is 1. The van der Waals surface area contributed by atoms with E-state index in [1.165, 1.54) is 0 Å². The van der Waals surface area contributed by atoms with Gasteiger partial charge in [-0.2, -0.15) is 0 Å². The molecule has 2 N–H and O–H groups in total. The van der Waals surface area contributed by atoms with E-state index in [0.717, 1.165) is 37.0 Å². The molecule has 1 aromatic rings. The number of aliphatic hydroxyl groups excluding tert-OH is 1. The number of amides is 1. The maximum absolute atomic E-state index is 12.5. The van der Waals surface area contributed by atoms with Gasteiger partial charge in [-0.1, -0.05) is 31.0 Å². The lowest BCUT2D eigenvalue weighted by molar-refractivity contribution is -0.124. The van der Waals surface area contributed by atoms with Gasteiger partial charge in [-0.15, -0.1) is 0 Å². The summed E-state index contributed by atoms with van der Waals surface area (Å²) in [5.41, 5.74) is 0.973. The fraction of sp³-hybridized carbons (Fsp3) is 0.562. The number of para-hydroxylation sites is 1. The smallest absolute Gasteiger partial charge is 0.231 e. The Morgan fingerprint density at radius 2 is 2.10 bits per heavy atom. The van der Waals surface area contributed by atoms with Crippen LogP contribution >= 0.6 is 0 Å². The average Bonchev–Trinajstić information content (AvgIpc) is 2.92. The minimum Gasteiger partial charge on any atom is -0.492 e. The van der Waals surface area contributed by atoms with Gasteiger partial charge in [0.25, 0.3) is 0 Å². The summed E-state index contributed by atoms with van der Waals surface area (Å²) in [7, 11) is 0. The third-order valence-corrected chi connectivity index (χ3v) is 4.49. The molecule has 3 atom stereocenters. The van der Waals surface area contributed by atoms with Crippen molar-refractivity contribution >= 4 is 5.91 Å². The Labute approximate surface area is 119 Å². The van der Waals surface area contributed by atoms with Crippen molar-refractivity contribution < 1.29 is 14.6 Å². The molecular formula is C16H21NO3. The maximum atomic E-state index is 12.5. The van der Waals surface area contributed by atoms with Gasteiger partial charge in [0.2, 0.25) is 5.91 Å². The summed E-state index contributed by atoms with van der Waals surface area (Å²) in [5.74, 6) is 0.827. The minimum absolute atomic E-state index is 0.0281. The number of carbonyl (C=O) groups excluding carboxylic acids is 1. The third kappa shape index (κ3) is 2.52. The number of hydrogen-bond acceptors (Lipinski definition) is 3. The molecule has 1 aliphatic heterocycles. The van der Waals surface area contributed by atoms with Crippen LogP contribution in [0.4, 0.5) is 0 Å². The Bertz CT molecular complexity index is 488. The van der Waals surface area contributed by atoms with Crippen LogP contribution in [-0.4, -0.2) is 30.3 Å². The second-order valence-electron chi connectivity index (χ2n) is 5.74. The zero-order valence-electron chi connectivity index (χ0n) is 11.5. The van der Waals surface area contributed by atoms with E-state index < -0.39 is 0 Å². The first-order valence-corrected chi connectivity index (χ1v) is 7.42. The van der Waals surface area contributed by atoms with Crippen molar-refractivity contribution in [1.82, 2.24) is 5.32 Å². The van der Waals surface area contributed by atoms with Gasteiger partial charge in [0.05, 0.1) is 0 Å². The van der Waals surface area contributed by atoms with Gasteiger partial charge in [-0.05, 0) is 18.9 Å². The molecule has 1 saturated carbocycles. The van der Waals surface area contributed by atoms with E-state index in [0.29, 0.717) is 6.61 Å². The predicted octanol–water partition coefficient (Wildman–Crippen LogP) is 1.83. The van der Waals surface area contributed by atoms with E-state index in [1.54, 1.807) is 0 Å². The van der Waals surface area contributed by atoms with E-state index in [4.69, 9.17) is 4.74 Å². The Balaban J connectivity index is 1.68. The average molecular weight is 275 g/mol. The van der Waals surface area contributed by atoms with Crippen molar-refractivity contribution in [3.8, 4) is 5.75 Å². The number of fused-ring (bicyclic) bond motifs is 1. The predicted molar refractivity (Wildman–Crippen MR) is 75.7 cm³/mol. The number of hydrogen-bond donors (Lipinski definition) is 2. The van der Waals surface area contributed by atoms with Crippen LogP contribution < -0.4 is 10.1 Å². The Kier molecular flexibility index (Phi) is 3.92. The normalized spacial score (nSPS) is 28.6. The van der Waals surface area contributed by atoms with E-state index in [2.05, 4.69) is 5.32 Å². The van der Waals surface area contributed by atoms with E-state index >= 15 is 0 Å². The fourth-order valence-electron chi connectivity index (χ4n) is 3.28. The molecule has 1 aromatic carbocycles. The topological polar surface area (TPSA) is 58.6 Å². The first-order valence-electron chi connectivity index (χ1n) is 7.42. The SMILES string of the molecule is O=C(NC1CCCCC1CO)C1COc2ccccc21. The first-order chi connectivity index (χ1) is 9.79. The molecule has 4 heteroatoms. The molecule has 0 radical (unpaired) electrons. The number of aliphatic hydroxyl groups is 1. The maximum Gasteiger partial charge on any atom is 0.231 e. The molecule has 20 heavy (non-hydrogen) atoms. The number of carbonyl (C=O) groups is 1. The lowest BCUT2D eigenvalue weighted by Crippen LogP contribution is -2.45. The summed E-state index contributed by atoms with van der Waals surface area (Å²) in [6, 6.07) is 7.82. The first kappa shape index (κ1) is 13.4. The Hall–Kier alpha value is -1.55. The van der Waals surface area contributed by atoms with Gasteiger partial charge >= 0.3 is 0 Å². The third-order valence-electron chi connectivity index (χ3n) is 4.49. The van der Waals surface area contributed by atoms with E-state index in [1.807, 2.05) is 24.3 Å². The number of benzene rings is 1. The van der Waals surface area contributed by atoms with Crippen molar-refractivity contribution in [2.75, 3.05) is 13.2 Å². The molecule has 3 rings (SSSR count). The largest absolute Gasteiger partial charge is 0.492 e. The summed E-state index contributed by atoms with van der Waals surface area (Å²) >= 11 is 0. The van der Waals surface area contributed by atoms with Crippen molar-refractivity contribution in [2.45, 2.75) is 37.6 Å². The van der Waals surface area contributed by atoms with Crippen molar-refractivity contribution in [3.05, 3.63) is 29.8 Å². The van der Waals surface area contributed by atoms with Crippen LogP contribution in [0.5, 0.6) is 5.75 Å². The zero-order chi connectivity index (χ0) is 13.9. The van der Waals surface area contributed by atoms with Crippen LogP contribution in [0.2, 0.25) is 0 Å². The molecule has 0 aromatic heterocycles. The fourth-order valence-corrected chi connectivity index (χ4v) is 3.28. The molecule has 0 saturated heterocycles. The molecular weight excluding hydrogens is 254 g/mol. The molecule has 4 nitrogen and oxygen atoms in total. The quantitative estimate of drug-likeness (QED) is 0.885. The molecule has 1 amide bonds. The second kappa shape index (κ2) is 5.83. The van der Waals surface area contributed by atoms with Crippen molar-refractivity contribution in [1.29, 1.82) is 0 Å². The number of rotatable bonds is 3. The van der Waals surface area contributed by atoms with Gasteiger partial charge in [-0.3, -0.25) is 4.79 Å². The Morgan fingerprint density at radius 3 is 2.95 bits per heavy atom. The van der Waals surface area contributed by atoms with Gasteiger partial charge in [0.1, 0.15) is 18.3 Å². The van der Waals surface area contributed by atoms with Gasteiger partial charge < -0.3 is 15.2 Å². The van der Waals surface area contributed by atoms with Crippen LogP contribution in [0.1, 0.15) is 37.2 Å². The summed E-state index contributed by atoms with van der Waals surface area (Å²) in [6.07, 6.45) is 4.23. The summed E-state index contributed by atoms with van der Waals surface area (Å²) < 4.78 is 5.56. The van der Waals surface area contributed by atoms with Crippen molar-refractivity contribution in [2.24, 2.45) is 5.92 Å². The molecule has 108 valence electrons. The van der Waals surface area contributed by atoms with E-state index in [-0.39, 0.29) is 30.4 Å². The van der Waals surface area contributed by atoms with Crippen molar-refractivity contribution in [3.63, 3.8) is 0 Å². The summed E-state index contributed by atoms with van der Waals surface area (Å²) in [4.78, 5) is 12.5. The molecule has 0 bridgehead atoms. The van der Waals surface area contributed by atoms with Gasteiger partial charge in [0.15, 0.2) is 0 Å². The van der Waals surface area contributed by atoms with Crippen LogP contribution in [0.25, 0.3) is 0 Å². The molecule has 2 aliphatic rings. The van der Waals surface area contributed by atoms with Crippen LogP contribution in [0.15, 0.2) is 24.3 Å². The molecule has 0 spiro atoms. The minimum atomic E-state index is -0.215. The summed E-state index contributed by atoms with van der Waals surface area (Å²) in [6.45, 7) is 0.574. The van der Waals surface area contributed by atoms with Crippen LogP contribution in [0.3, 0.4) is 0 Å². The second-order valence-corrected chi connectivity index (χ2v) is 5.74. The van der Waals surface area contributed by atoms with Crippen LogP contribution in [-0.2, 0) is 4.79 Å². The highest BCUT2D eigenvalue weighted by Gasteiger charge is 2.33. The molecule has 1 fully saturated rings. The highest BCUT2D eigenvalue weighted by molar-refractivity contribution is 5.85. The lowest BCUT2D eigenvalue weighted by atomic mass is 9.84.